The molecule has 1 aliphatic heterocycles. The predicted octanol–water partition coefficient (Wildman–Crippen LogP) is 4.13. The van der Waals surface area contributed by atoms with Gasteiger partial charge in [-0.2, -0.15) is 0 Å². The van der Waals surface area contributed by atoms with Gasteiger partial charge in [-0.25, -0.2) is 0 Å². The van der Waals surface area contributed by atoms with Crippen molar-refractivity contribution in [1.82, 2.24) is 4.90 Å². The van der Waals surface area contributed by atoms with Gasteiger partial charge < -0.3 is 5.32 Å². The van der Waals surface area contributed by atoms with E-state index >= 15 is 0 Å². The van der Waals surface area contributed by atoms with Gasteiger partial charge in [0.2, 0.25) is 17.7 Å². The maximum Gasteiger partial charge on any atom is 0.244 e. The number of nitrogens with one attached hydrogen (secondary N) is 1. The molecule has 3 fully saturated rings. The van der Waals surface area contributed by atoms with Gasteiger partial charge in [0, 0.05) is 19.8 Å². The molecule has 2 bridgehead atoms. The number of benzene rings is 1. The number of hydrogen-bond acceptors (Lipinski definition) is 3. The van der Waals surface area contributed by atoms with E-state index in [2.05, 4.69) is 53.1 Å². The van der Waals surface area contributed by atoms with Crippen LogP contribution in [0.1, 0.15) is 12.0 Å². The normalized spacial score (nSPS) is 34.3. The van der Waals surface area contributed by atoms with Crippen LogP contribution < -0.4 is 5.32 Å². The third-order valence-corrected chi connectivity index (χ3v) is 10.6. The Kier molecular flexibility index (Phi) is 5.23. The molecule has 0 unspecified atom stereocenters. The summed E-state index contributed by atoms with van der Waals surface area (Å²) in [4.78, 5) is 39.7. The summed E-state index contributed by atoms with van der Waals surface area (Å²) in [7, 11) is 0. The Bertz CT molecular complexity index is 832. The van der Waals surface area contributed by atoms with E-state index < -0.39 is 5.91 Å². The van der Waals surface area contributed by atoms with Gasteiger partial charge in [-0.15, -0.1) is 0 Å². The summed E-state index contributed by atoms with van der Waals surface area (Å²) < 4.78 is 0.738. The maximum atomic E-state index is 12.9. The van der Waals surface area contributed by atoms with E-state index in [-0.39, 0.29) is 51.7 Å². The second-order valence-electron chi connectivity index (χ2n) is 7.35. The van der Waals surface area contributed by atoms with Crippen molar-refractivity contribution >= 4 is 82.8 Å². The van der Waals surface area contributed by atoms with Crippen molar-refractivity contribution in [3.05, 3.63) is 27.2 Å². The molecule has 144 valence electrons. The van der Waals surface area contributed by atoms with Gasteiger partial charge in [0.05, 0.1) is 16.9 Å². The second-order valence-corrected chi connectivity index (χ2v) is 10.7. The van der Waals surface area contributed by atoms with Crippen molar-refractivity contribution in [3.8, 4) is 0 Å². The number of nitrogens with zero attached hydrogens (tertiary/aromatic N) is 1. The first-order valence-corrected chi connectivity index (χ1v) is 11.6. The van der Waals surface area contributed by atoms with Crippen LogP contribution in [-0.2, 0) is 14.4 Å². The molecule has 2 saturated carbocycles. The monoisotopic (exact) mass is 580 g/mol. The van der Waals surface area contributed by atoms with Crippen LogP contribution in [0.2, 0.25) is 5.02 Å². The number of likely N-dealkylation sites (tertiary alicyclic amines) is 1. The van der Waals surface area contributed by atoms with Crippen molar-refractivity contribution in [1.29, 1.82) is 0 Å². The van der Waals surface area contributed by atoms with Gasteiger partial charge in [-0.3, -0.25) is 19.3 Å². The zero-order valence-electron chi connectivity index (χ0n) is 14.2. The fraction of sp³-hybridized carbons (Fsp3) is 0.500. The van der Waals surface area contributed by atoms with E-state index in [9.17, 15) is 14.4 Å². The highest BCUT2D eigenvalue weighted by atomic mass is 79.9. The molecule has 1 heterocycles. The minimum Gasteiger partial charge on any atom is -0.324 e. The standard InChI is InChI=1S/C18H16Br3ClN2O3/c1-6-10(3-2-9(19)16(6)22)23-11(25)5-24-17(26)12-7-4-8(13(12)18(24)27)15(21)14(7)20/h2-3,7-8,12-15H,4-5H2,1H3,(H,23,25)/t7-,8-,12-,13+,14-,15+/m0/s1. The van der Waals surface area contributed by atoms with Crippen LogP contribution >= 0.6 is 59.4 Å². The average molecular weight is 584 g/mol. The largest absolute Gasteiger partial charge is 0.324 e. The van der Waals surface area contributed by atoms with Crippen LogP contribution in [0, 0.1) is 30.6 Å². The van der Waals surface area contributed by atoms with Gasteiger partial charge in [0.1, 0.15) is 6.54 Å². The lowest BCUT2D eigenvalue weighted by Crippen LogP contribution is -2.39. The highest BCUT2D eigenvalue weighted by molar-refractivity contribution is 9.12. The molecule has 1 saturated heterocycles. The number of carbonyl (C=O) groups is 3. The second kappa shape index (κ2) is 7.11. The number of alkyl halides is 2. The van der Waals surface area contributed by atoms with Crippen molar-refractivity contribution in [2.24, 2.45) is 23.7 Å². The van der Waals surface area contributed by atoms with Crippen molar-refractivity contribution < 1.29 is 14.4 Å². The smallest absolute Gasteiger partial charge is 0.244 e. The van der Waals surface area contributed by atoms with E-state index in [1.807, 2.05) is 0 Å². The van der Waals surface area contributed by atoms with Crippen LogP contribution in [0.15, 0.2) is 16.6 Å². The predicted molar refractivity (Wildman–Crippen MR) is 113 cm³/mol. The third kappa shape index (κ3) is 3.02. The van der Waals surface area contributed by atoms with Gasteiger partial charge >= 0.3 is 0 Å². The molecule has 1 aromatic carbocycles. The molecule has 0 aromatic heterocycles. The van der Waals surface area contributed by atoms with Gasteiger partial charge in [-0.1, -0.05) is 43.5 Å². The van der Waals surface area contributed by atoms with Crippen LogP contribution in [0.3, 0.4) is 0 Å². The van der Waals surface area contributed by atoms with E-state index in [1.165, 1.54) is 0 Å². The molecule has 1 N–H and O–H groups in total. The first kappa shape index (κ1) is 19.9. The summed E-state index contributed by atoms with van der Waals surface area (Å²) in [5, 5.41) is 3.27. The van der Waals surface area contributed by atoms with E-state index in [4.69, 9.17) is 11.6 Å². The minimum atomic E-state index is -0.406. The molecule has 27 heavy (non-hydrogen) atoms. The van der Waals surface area contributed by atoms with Crippen molar-refractivity contribution in [2.75, 3.05) is 11.9 Å². The number of halogens is 4. The number of anilines is 1. The summed E-state index contributed by atoms with van der Waals surface area (Å²) in [5.74, 6) is -1.18. The molecule has 9 heteroatoms. The molecule has 3 aliphatic rings. The first-order valence-electron chi connectivity index (χ1n) is 8.60. The Morgan fingerprint density at radius 3 is 2.30 bits per heavy atom. The van der Waals surface area contributed by atoms with Gasteiger partial charge in [0.15, 0.2) is 0 Å². The zero-order chi connectivity index (χ0) is 19.6. The van der Waals surface area contributed by atoms with E-state index in [0.717, 1.165) is 21.4 Å². The lowest BCUT2D eigenvalue weighted by Gasteiger charge is -2.28. The summed E-state index contributed by atoms with van der Waals surface area (Å²) in [5.41, 5.74) is 1.28. The molecule has 5 nitrogen and oxygen atoms in total. The number of imide groups is 1. The lowest BCUT2D eigenvalue weighted by molar-refractivity contribution is -0.143. The molecule has 0 radical (unpaired) electrons. The Morgan fingerprint density at radius 2 is 1.74 bits per heavy atom. The molecular weight excluding hydrogens is 567 g/mol. The van der Waals surface area contributed by atoms with Crippen molar-refractivity contribution in [3.63, 3.8) is 0 Å². The van der Waals surface area contributed by atoms with Crippen LogP contribution in [-0.4, -0.2) is 38.8 Å². The molecular formula is C18H16Br3ClN2O3. The molecule has 0 spiro atoms. The van der Waals surface area contributed by atoms with E-state index in [0.29, 0.717) is 10.7 Å². The van der Waals surface area contributed by atoms with E-state index in [1.54, 1.807) is 19.1 Å². The topological polar surface area (TPSA) is 66.5 Å². The summed E-state index contributed by atoms with van der Waals surface area (Å²) in [6.45, 7) is 1.53. The Morgan fingerprint density at radius 1 is 1.19 bits per heavy atom. The lowest BCUT2D eigenvalue weighted by atomic mass is 9.81. The highest BCUT2D eigenvalue weighted by Crippen LogP contribution is 2.60. The number of fused-ring (bicyclic) bond motifs is 5. The highest BCUT2D eigenvalue weighted by Gasteiger charge is 2.66. The van der Waals surface area contributed by atoms with Crippen LogP contribution in [0.25, 0.3) is 0 Å². The fourth-order valence-corrected chi connectivity index (χ4v) is 7.15. The number of amides is 3. The maximum absolute atomic E-state index is 12.9. The Balaban J connectivity index is 1.49. The Hall–Kier alpha value is -0.440. The molecule has 1 aromatic rings. The molecule has 3 amide bonds. The minimum absolute atomic E-state index is 0.140. The number of carbonyl (C=O) groups excluding carboxylic acids is 3. The molecule has 6 atom stereocenters. The van der Waals surface area contributed by atoms with Crippen LogP contribution in [0.5, 0.6) is 0 Å². The molecule has 2 aliphatic carbocycles. The molecule has 4 rings (SSSR count). The summed E-state index contributed by atoms with van der Waals surface area (Å²) >= 11 is 16.8. The zero-order valence-corrected chi connectivity index (χ0v) is 19.7. The first-order chi connectivity index (χ1) is 12.7. The Labute approximate surface area is 186 Å². The summed E-state index contributed by atoms with van der Waals surface area (Å²) in [6, 6.07) is 3.47. The van der Waals surface area contributed by atoms with Gasteiger partial charge in [-0.05, 0) is 58.8 Å². The third-order valence-electron chi connectivity index (χ3n) is 5.99. The van der Waals surface area contributed by atoms with Crippen LogP contribution in [0.4, 0.5) is 5.69 Å². The SMILES string of the molecule is Cc1c(NC(=O)CN2C(=O)[C@@H]3[C@@H]4C[C@H]([C@H](Br)[C@@H]4Br)[C@@H]3C2=O)ccc(Br)c1Cl. The van der Waals surface area contributed by atoms with Gasteiger partial charge in [0.25, 0.3) is 0 Å². The summed E-state index contributed by atoms with van der Waals surface area (Å²) in [6.07, 6.45) is 0.870. The number of rotatable bonds is 3. The fourth-order valence-electron chi connectivity index (χ4n) is 4.69. The van der Waals surface area contributed by atoms with Crippen molar-refractivity contribution in [2.45, 2.75) is 23.0 Å². The number of hydrogen-bond donors (Lipinski definition) is 1. The average Bonchev–Trinajstić information content (AvgIpc) is 3.23. The quantitative estimate of drug-likeness (QED) is 0.430.